The van der Waals surface area contributed by atoms with Crippen LogP contribution in [0.3, 0.4) is 0 Å². The Hall–Kier alpha value is -0.409. The van der Waals surface area contributed by atoms with Crippen molar-refractivity contribution in [2.45, 2.75) is 71.6 Å². The molecule has 0 aliphatic rings. The first-order valence-corrected chi connectivity index (χ1v) is 17.8. The number of hydrogen-bond acceptors (Lipinski definition) is 3. The summed E-state index contributed by atoms with van der Waals surface area (Å²) >= 11 is 0. The van der Waals surface area contributed by atoms with Crippen molar-refractivity contribution in [2.24, 2.45) is 0 Å². The number of phenolic OH excluding ortho intramolecular Hbond substituents is 1. The molecule has 1 rings (SSSR count). The fourth-order valence-electron chi connectivity index (χ4n) is 3.12. The maximum absolute atomic E-state index is 9.80. The molecule has 0 fully saturated rings. The van der Waals surface area contributed by atoms with Crippen molar-refractivity contribution in [3.05, 3.63) is 29.3 Å². The summed E-state index contributed by atoms with van der Waals surface area (Å²) < 4.78 is 12.9. The van der Waals surface area contributed by atoms with Crippen LogP contribution in [-0.2, 0) is 14.7 Å². The van der Waals surface area contributed by atoms with E-state index in [1.54, 1.807) is 6.07 Å². The predicted octanol–water partition coefficient (Wildman–Crippen LogP) is 5.41. The van der Waals surface area contributed by atoms with Gasteiger partial charge in [-0.15, -0.1) is 0 Å². The van der Waals surface area contributed by atoms with Crippen molar-refractivity contribution in [1.29, 1.82) is 0 Å². The minimum Gasteiger partial charge on any atom is -0.508 e. The van der Waals surface area contributed by atoms with Gasteiger partial charge in [-0.2, -0.15) is 0 Å². The van der Waals surface area contributed by atoms with Crippen LogP contribution < -0.4 is 0 Å². The van der Waals surface area contributed by atoms with E-state index in [-0.39, 0.29) is 0 Å². The summed E-state index contributed by atoms with van der Waals surface area (Å²) in [6.45, 7) is 17.6. The van der Waals surface area contributed by atoms with E-state index >= 15 is 0 Å². The summed E-state index contributed by atoms with van der Waals surface area (Å²) in [6.07, 6.45) is 2.10. The second-order valence-corrected chi connectivity index (χ2v) is 21.1. The van der Waals surface area contributed by atoms with E-state index in [0.29, 0.717) is 5.75 Å². The molecule has 0 bridgehead atoms. The minimum absolute atomic E-state index is 0.396. The first-order chi connectivity index (χ1) is 10.3. The van der Waals surface area contributed by atoms with Crippen LogP contribution in [0.2, 0.25) is 51.9 Å². The number of hydrogen-bond donors (Lipinski definition) is 1. The summed E-state index contributed by atoms with van der Waals surface area (Å²) in [4.78, 5) is 0. The second kappa shape index (κ2) is 7.65. The first kappa shape index (κ1) is 20.6. The van der Waals surface area contributed by atoms with E-state index in [4.69, 9.17) is 8.23 Å². The van der Waals surface area contributed by atoms with Crippen molar-refractivity contribution < 1.29 is 13.3 Å². The molecule has 0 unspecified atom stereocenters. The van der Waals surface area contributed by atoms with Gasteiger partial charge in [0.2, 0.25) is 0 Å². The molecule has 1 aromatic rings. The van der Waals surface area contributed by atoms with Crippen molar-refractivity contribution in [1.82, 2.24) is 0 Å². The number of rotatable bonds is 8. The predicted molar refractivity (Wildman–Crippen MR) is 106 cm³/mol. The molecule has 0 saturated carbocycles. The van der Waals surface area contributed by atoms with Crippen LogP contribution in [0, 0.1) is 6.92 Å². The molecule has 0 heterocycles. The number of benzene rings is 1. The lowest BCUT2D eigenvalue weighted by Crippen LogP contribution is -2.51. The zero-order valence-electron chi connectivity index (χ0n) is 16.1. The molecular weight excluding hydrogens is 336 g/mol. The van der Waals surface area contributed by atoms with E-state index in [9.17, 15) is 5.11 Å². The molecule has 1 aromatic carbocycles. The highest BCUT2D eigenvalue weighted by Gasteiger charge is 2.37. The fraction of sp³-hybridized carbons (Fsp3) is 0.647. The van der Waals surface area contributed by atoms with E-state index in [2.05, 4.69) is 51.9 Å². The second-order valence-electron chi connectivity index (χ2n) is 8.39. The Morgan fingerprint density at radius 3 is 2.13 bits per heavy atom. The molecule has 3 nitrogen and oxygen atoms in total. The van der Waals surface area contributed by atoms with Gasteiger partial charge in [-0.25, -0.2) is 0 Å². The van der Waals surface area contributed by atoms with E-state index in [1.165, 1.54) is 5.56 Å². The molecular formula is C17H34O3Si3. The molecule has 23 heavy (non-hydrogen) atoms. The Labute approximate surface area is 145 Å². The molecule has 0 spiro atoms. The molecule has 6 heteroatoms. The fourth-order valence-corrected chi connectivity index (χ4v) is 16.3. The monoisotopic (exact) mass is 370 g/mol. The molecule has 1 N–H and O–H groups in total. The third-order valence-electron chi connectivity index (χ3n) is 3.72. The highest BCUT2D eigenvalue weighted by atomic mass is 28.5. The van der Waals surface area contributed by atoms with Crippen molar-refractivity contribution in [3.8, 4) is 5.75 Å². The summed E-state index contributed by atoms with van der Waals surface area (Å²) in [5.74, 6) is 0.396. The average molecular weight is 371 g/mol. The van der Waals surface area contributed by atoms with Gasteiger partial charge in [0.1, 0.15) is 5.75 Å². The quantitative estimate of drug-likeness (QED) is 0.622. The normalized spacial score (nSPS) is 13.4. The lowest BCUT2D eigenvalue weighted by molar-refractivity contribution is 0.391. The van der Waals surface area contributed by atoms with Crippen LogP contribution >= 0.6 is 0 Å². The summed E-state index contributed by atoms with van der Waals surface area (Å²) in [5, 5.41) is 9.80. The molecule has 0 aromatic heterocycles. The zero-order chi connectivity index (χ0) is 17.9. The van der Waals surface area contributed by atoms with Gasteiger partial charge in [0, 0.05) is 0 Å². The summed E-state index contributed by atoms with van der Waals surface area (Å²) in [7, 11) is -5.33. The van der Waals surface area contributed by atoms with Crippen molar-refractivity contribution in [2.75, 3.05) is 0 Å². The lowest BCUT2D eigenvalue weighted by Gasteiger charge is -2.37. The molecule has 0 saturated heterocycles. The van der Waals surface area contributed by atoms with Crippen LogP contribution in [-0.4, -0.2) is 30.3 Å². The van der Waals surface area contributed by atoms with E-state index in [1.807, 2.05) is 13.0 Å². The van der Waals surface area contributed by atoms with Gasteiger partial charge in [-0.3, -0.25) is 0 Å². The lowest BCUT2D eigenvalue weighted by atomic mass is 10.0. The Balaban J connectivity index is 2.57. The van der Waals surface area contributed by atoms with Crippen LogP contribution in [0.4, 0.5) is 0 Å². The van der Waals surface area contributed by atoms with Crippen LogP contribution in [0.25, 0.3) is 0 Å². The highest BCUT2D eigenvalue weighted by molar-refractivity contribution is 6.87. The Kier molecular flexibility index (Phi) is 6.86. The zero-order valence-corrected chi connectivity index (χ0v) is 19.1. The van der Waals surface area contributed by atoms with Gasteiger partial charge in [0.25, 0.3) is 0 Å². The smallest absolute Gasteiger partial charge is 0.311 e. The van der Waals surface area contributed by atoms with Crippen LogP contribution in [0.5, 0.6) is 5.75 Å². The van der Waals surface area contributed by atoms with E-state index in [0.717, 1.165) is 24.4 Å². The molecule has 0 atom stereocenters. The largest absolute Gasteiger partial charge is 0.508 e. The number of aromatic hydroxyl groups is 1. The molecule has 0 radical (unpaired) electrons. The summed E-state index contributed by atoms with van der Waals surface area (Å²) in [6, 6.07) is 6.90. The van der Waals surface area contributed by atoms with Crippen LogP contribution in [0.1, 0.15) is 17.5 Å². The van der Waals surface area contributed by atoms with Crippen molar-refractivity contribution >= 4 is 25.2 Å². The molecule has 0 amide bonds. The van der Waals surface area contributed by atoms with Crippen LogP contribution in [0.15, 0.2) is 18.2 Å². The first-order valence-electron chi connectivity index (χ1n) is 8.49. The molecule has 0 aliphatic heterocycles. The van der Waals surface area contributed by atoms with Gasteiger partial charge in [0.15, 0.2) is 16.6 Å². The van der Waals surface area contributed by atoms with Gasteiger partial charge in [0.05, 0.1) is 0 Å². The maximum atomic E-state index is 9.80. The van der Waals surface area contributed by atoms with Gasteiger partial charge < -0.3 is 13.3 Å². The third-order valence-corrected chi connectivity index (χ3v) is 13.9. The van der Waals surface area contributed by atoms with Gasteiger partial charge in [-0.1, -0.05) is 12.1 Å². The topological polar surface area (TPSA) is 38.7 Å². The molecule has 132 valence electrons. The maximum Gasteiger partial charge on any atom is 0.311 e. The van der Waals surface area contributed by atoms with Gasteiger partial charge in [-0.05, 0) is 88.8 Å². The standard InChI is InChI=1S/C17H34O3Si3/c1-15-16(11-9-13-17(15)18)12-10-14-22(5,6)20-23(7,8)19-21(2,3)4/h9,11,13,18H,10,12,14H2,1-8H3. The number of aryl methyl sites for hydroxylation is 1. The third kappa shape index (κ3) is 7.80. The Bertz CT molecular complexity index is 522. The molecule has 0 aliphatic carbocycles. The van der Waals surface area contributed by atoms with Gasteiger partial charge >= 0.3 is 8.56 Å². The SMILES string of the molecule is Cc1c(O)cccc1CCC[Si](C)(C)O[Si](C)(C)O[Si](C)(C)C. The Morgan fingerprint density at radius 2 is 1.57 bits per heavy atom. The number of phenols is 1. The summed E-state index contributed by atoms with van der Waals surface area (Å²) in [5.41, 5.74) is 2.24. The minimum atomic E-state index is -2.04. The average Bonchev–Trinajstić information content (AvgIpc) is 2.29. The van der Waals surface area contributed by atoms with E-state index < -0.39 is 25.2 Å². The Morgan fingerprint density at radius 1 is 0.957 bits per heavy atom. The highest BCUT2D eigenvalue weighted by Crippen LogP contribution is 2.26. The van der Waals surface area contributed by atoms with Crippen molar-refractivity contribution in [3.63, 3.8) is 0 Å².